The summed E-state index contributed by atoms with van der Waals surface area (Å²) in [6, 6.07) is 1.58. The average molecular weight is 296 g/mol. The minimum atomic E-state index is -0.687. The summed E-state index contributed by atoms with van der Waals surface area (Å²) in [4.78, 5) is 13.2. The first-order valence-electron chi connectivity index (χ1n) is 8.45. The summed E-state index contributed by atoms with van der Waals surface area (Å²) in [5.41, 5.74) is 0.358. The Morgan fingerprint density at radius 1 is 1.33 bits per heavy atom. The molecule has 4 nitrogen and oxygen atoms in total. The lowest BCUT2D eigenvalue weighted by molar-refractivity contribution is -0.139. The molecule has 2 fully saturated rings. The van der Waals surface area contributed by atoms with Crippen molar-refractivity contribution in [1.29, 1.82) is 0 Å². The van der Waals surface area contributed by atoms with Crippen molar-refractivity contribution in [3.63, 3.8) is 0 Å². The van der Waals surface area contributed by atoms with Gasteiger partial charge in [0.25, 0.3) is 0 Å². The first-order chi connectivity index (χ1) is 9.73. The maximum Gasteiger partial charge on any atom is 0.317 e. The second kappa shape index (κ2) is 6.66. The van der Waals surface area contributed by atoms with Crippen LogP contribution in [0.4, 0.5) is 0 Å². The molecule has 1 unspecified atom stereocenters. The number of carboxylic acid groups (broad SMARTS) is 1. The van der Waals surface area contributed by atoms with Crippen molar-refractivity contribution < 1.29 is 9.90 Å². The Morgan fingerprint density at radius 2 is 1.95 bits per heavy atom. The summed E-state index contributed by atoms with van der Waals surface area (Å²) < 4.78 is 0. The van der Waals surface area contributed by atoms with E-state index < -0.39 is 5.97 Å². The lowest BCUT2D eigenvalue weighted by atomic mass is 9.83. The van der Waals surface area contributed by atoms with E-state index in [2.05, 4.69) is 37.9 Å². The standard InChI is InChI=1S/C17H32N2O2/c1-12(9-17(2,3)4)18-14-7-15(8-14)19(11-16(20)21)10-13-5-6-13/h12-15,18H,5-11H2,1-4H3,(H,20,21). The lowest BCUT2D eigenvalue weighted by Gasteiger charge is -2.44. The van der Waals surface area contributed by atoms with E-state index in [0.29, 0.717) is 23.5 Å². The van der Waals surface area contributed by atoms with Crippen molar-refractivity contribution in [3.05, 3.63) is 0 Å². The Bertz CT molecular complexity index is 354. The number of nitrogens with one attached hydrogen (secondary N) is 1. The fraction of sp³-hybridized carbons (Fsp3) is 0.941. The van der Waals surface area contributed by atoms with Crippen LogP contribution in [-0.4, -0.2) is 47.2 Å². The van der Waals surface area contributed by atoms with Gasteiger partial charge in [-0.1, -0.05) is 20.8 Å². The van der Waals surface area contributed by atoms with Crippen molar-refractivity contribution in [3.8, 4) is 0 Å². The van der Waals surface area contributed by atoms with Crippen LogP contribution in [0.25, 0.3) is 0 Å². The van der Waals surface area contributed by atoms with Gasteiger partial charge in [0.1, 0.15) is 0 Å². The summed E-state index contributed by atoms with van der Waals surface area (Å²) in [5.74, 6) is 0.0735. The number of aliphatic carboxylic acids is 1. The van der Waals surface area contributed by atoms with Gasteiger partial charge in [-0.2, -0.15) is 0 Å². The maximum atomic E-state index is 11.0. The van der Waals surface area contributed by atoms with Gasteiger partial charge in [0.2, 0.25) is 0 Å². The second-order valence-corrected chi connectivity index (χ2v) is 8.42. The van der Waals surface area contributed by atoms with E-state index in [1.54, 1.807) is 0 Å². The molecule has 0 aromatic carbocycles. The largest absolute Gasteiger partial charge is 0.480 e. The molecule has 0 aromatic rings. The normalized spacial score (nSPS) is 27.5. The summed E-state index contributed by atoms with van der Waals surface area (Å²) >= 11 is 0. The van der Waals surface area contributed by atoms with Crippen molar-refractivity contribution >= 4 is 5.97 Å². The average Bonchev–Trinajstić information content (AvgIpc) is 3.02. The molecule has 2 rings (SSSR count). The van der Waals surface area contributed by atoms with Crippen molar-refractivity contribution in [2.24, 2.45) is 11.3 Å². The van der Waals surface area contributed by atoms with Crippen LogP contribution in [0.1, 0.15) is 59.8 Å². The van der Waals surface area contributed by atoms with E-state index in [-0.39, 0.29) is 6.54 Å². The smallest absolute Gasteiger partial charge is 0.317 e. The highest BCUT2D eigenvalue weighted by molar-refractivity contribution is 5.69. The minimum absolute atomic E-state index is 0.214. The van der Waals surface area contributed by atoms with E-state index in [1.807, 2.05) is 0 Å². The van der Waals surface area contributed by atoms with Gasteiger partial charge in [0, 0.05) is 24.7 Å². The Morgan fingerprint density at radius 3 is 2.43 bits per heavy atom. The summed E-state index contributed by atoms with van der Waals surface area (Å²) in [6.45, 7) is 10.3. The molecule has 2 N–H and O–H groups in total. The highest BCUT2D eigenvalue weighted by Gasteiger charge is 2.37. The lowest BCUT2D eigenvalue weighted by Crippen LogP contribution is -2.56. The Kier molecular flexibility index (Phi) is 5.31. The molecule has 4 heteroatoms. The van der Waals surface area contributed by atoms with E-state index >= 15 is 0 Å². The third-order valence-corrected chi connectivity index (χ3v) is 4.60. The molecule has 21 heavy (non-hydrogen) atoms. The molecule has 0 aromatic heterocycles. The number of carbonyl (C=O) groups is 1. The molecular formula is C17H32N2O2. The van der Waals surface area contributed by atoms with E-state index in [1.165, 1.54) is 19.3 Å². The van der Waals surface area contributed by atoms with Crippen LogP contribution in [0, 0.1) is 11.3 Å². The topological polar surface area (TPSA) is 52.6 Å². The molecule has 0 amide bonds. The van der Waals surface area contributed by atoms with Crippen LogP contribution in [0.5, 0.6) is 0 Å². The van der Waals surface area contributed by atoms with Crippen LogP contribution >= 0.6 is 0 Å². The zero-order valence-electron chi connectivity index (χ0n) is 14.1. The number of rotatable bonds is 8. The summed E-state index contributed by atoms with van der Waals surface area (Å²) in [5, 5.41) is 12.8. The summed E-state index contributed by atoms with van der Waals surface area (Å²) in [7, 11) is 0. The first-order valence-corrected chi connectivity index (χ1v) is 8.45. The fourth-order valence-electron chi connectivity index (χ4n) is 3.55. The van der Waals surface area contributed by atoms with Gasteiger partial charge in [-0.15, -0.1) is 0 Å². The predicted octanol–water partition coefficient (Wildman–Crippen LogP) is 2.73. The third kappa shape index (κ3) is 5.95. The van der Waals surface area contributed by atoms with Gasteiger partial charge >= 0.3 is 5.97 Å². The van der Waals surface area contributed by atoms with Gasteiger partial charge < -0.3 is 10.4 Å². The van der Waals surface area contributed by atoms with Crippen LogP contribution in [0.3, 0.4) is 0 Å². The van der Waals surface area contributed by atoms with Crippen molar-refractivity contribution in [2.45, 2.75) is 77.9 Å². The molecule has 2 saturated carbocycles. The highest BCUT2D eigenvalue weighted by atomic mass is 16.4. The first kappa shape index (κ1) is 16.8. The van der Waals surface area contributed by atoms with Crippen LogP contribution in [0.2, 0.25) is 0 Å². The number of carboxylic acids is 1. The zero-order valence-corrected chi connectivity index (χ0v) is 14.1. The zero-order chi connectivity index (χ0) is 15.6. The van der Waals surface area contributed by atoms with Crippen molar-refractivity contribution in [2.75, 3.05) is 13.1 Å². The Hall–Kier alpha value is -0.610. The molecule has 1 atom stereocenters. The van der Waals surface area contributed by atoms with Crippen LogP contribution in [-0.2, 0) is 4.79 Å². The van der Waals surface area contributed by atoms with E-state index in [4.69, 9.17) is 5.11 Å². The van der Waals surface area contributed by atoms with Gasteiger partial charge in [0.05, 0.1) is 6.54 Å². The van der Waals surface area contributed by atoms with Crippen LogP contribution in [0.15, 0.2) is 0 Å². The molecule has 0 radical (unpaired) electrons. The Labute approximate surface area is 129 Å². The van der Waals surface area contributed by atoms with Gasteiger partial charge in [-0.05, 0) is 50.4 Å². The second-order valence-electron chi connectivity index (χ2n) is 8.42. The molecule has 2 aliphatic carbocycles. The molecule has 0 aliphatic heterocycles. The molecule has 0 heterocycles. The predicted molar refractivity (Wildman–Crippen MR) is 85.4 cm³/mol. The molecule has 0 spiro atoms. The molecule has 0 saturated heterocycles. The van der Waals surface area contributed by atoms with Crippen molar-refractivity contribution in [1.82, 2.24) is 10.2 Å². The number of hydrogen-bond acceptors (Lipinski definition) is 3. The molecule has 2 aliphatic rings. The SMILES string of the molecule is CC(CC(C)(C)C)NC1CC(N(CC(=O)O)CC2CC2)C1. The van der Waals surface area contributed by atoms with E-state index in [9.17, 15) is 4.79 Å². The maximum absolute atomic E-state index is 11.0. The quantitative estimate of drug-likeness (QED) is 0.723. The van der Waals surface area contributed by atoms with Gasteiger partial charge in [0.15, 0.2) is 0 Å². The summed E-state index contributed by atoms with van der Waals surface area (Å²) in [6.07, 6.45) is 5.96. The van der Waals surface area contributed by atoms with E-state index in [0.717, 1.165) is 25.3 Å². The Balaban J connectivity index is 1.71. The monoisotopic (exact) mass is 296 g/mol. The number of nitrogens with zero attached hydrogens (tertiary/aromatic N) is 1. The highest BCUT2D eigenvalue weighted by Crippen LogP contribution is 2.34. The molecule has 122 valence electrons. The molecule has 0 bridgehead atoms. The minimum Gasteiger partial charge on any atom is -0.480 e. The van der Waals surface area contributed by atoms with Gasteiger partial charge in [-0.3, -0.25) is 9.69 Å². The number of hydrogen-bond donors (Lipinski definition) is 2. The van der Waals surface area contributed by atoms with Crippen LogP contribution < -0.4 is 5.32 Å². The third-order valence-electron chi connectivity index (χ3n) is 4.60. The van der Waals surface area contributed by atoms with Gasteiger partial charge in [-0.25, -0.2) is 0 Å². The molecular weight excluding hydrogens is 264 g/mol. The fourth-order valence-corrected chi connectivity index (χ4v) is 3.55.